The molecule has 1 fully saturated rings. The summed E-state index contributed by atoms with van der Waals surface area (Å²) in [5.41, 5.74) is 1.04. The number of nitrogens with one attached hydrogen (secondary N) is 2. The quantitative estimate of drug-likeness (QED) is 0.676. The molecule has 8 heteroatoms. The molecule has 2 N–H and O–H groups in total. The molecule has 0 unspecified atom stereocenters. The van der Waals surface area contributed by atoms with E-state index in [0.717, 1.165) is 15.6 Å². The minimum Gasteiger partial charge on any atom is -0.352 e. The van der Waals surface area contributed by atoms with Gasteiger partial charge in [0.25, 0.3) is 0 Å². The number of thiophene rings is 1. The van der Waals surface area contributed by atoms with Crippen molar-refractivity contribution in [1.29, 1.82) is 0 Å². The fourth-order valence-electron chi connectivity index (χ4n) is 2.73. The Morgan fingerprint density at radius 1 is 1.19 bits per heavy atom. The van der Waals surface area contributed by atoms with E-state index in [1.807, 2.05) is 12.1 Å². The van der Waals surface area contributed by atoms with Gasteiger partial charge in [-0.3, -0.25) is 9.59 Å². The monoisotopic (exact) mass is 414 g/mol. The van der Waals surface area contributed by atoms with Crippen LogP contribution in [0.2, 0.25) is 4.34 Å². The lowest BCUT2D eigenvalue weighted by Gasteiger charge is -2.09. The first-order valence-corrected chi connectivity index (χ1v) is 9.83. The van der Waals surface area contributed by atoms with E-state index < -0.39 is 5.82 Å². The van der Waals surface area contributed by atoms with Crippen molar-refractivity contribution in [3.63, 3.8) is 0 Å². The van der Waals surface area contributed by atoms with Gasteiger partial charge in [-0.05, 0) is 30.2 Å². The van der Waals surface area contributed by atoms with Crippen molar-refractivity contribution in [1.82, 2.24) is 10.6 Å². The number of amides is 2. The van der Waals surface area contributed by atoms with Gasteiger partial charge in [0.1, 0.15) is 11.7 Å². The Hall–Kier alpha value is -1.63. The summed E-state index contributed by atoms with van der Waals surface area (Å²) in [6, 6.07) is 8.46. The van der Waals surface area contributed by atoms with Crippen molar-refractivity contribution < 1.29 is 14.0 Å². The van der Waals surface area contributed by atoms with E-state index in [1.165, 1.54) is 17.4 Å². The maximum Gasteiger partial charge on any atom is 0.235 e. The van der Waals surface area contributed by atoms with Crippen LogP contribution in [0.25, 0.3) is 0 Å². The minimum absolute atomic E-state index is 0.0715. The van der Waals surface area contributed by atoms with Gasteiger partial charge >= 0.3 is 0 Å². The van der Waals surface area contributed by atoms with E-state index in [-0.39, 0.29) is 42.6 Å². The summed E-state index contributed by atoms with van der Waals surface area (Å²) in [7, 11) is 0. The third kappa shape index (κ3) is 4.75. The first-order chi connectivity index (χ1) is 12.5. The summed E-state index contributed by atoms with van der Waals surface area (Å²) in [5.74, 6) is -0.790. The highest BCUT2D eigenvalue weighted by Crippen LogP contribution is 2.50. The Bertz CT molecular complexity index is 827. The Morgan fingerprint density at radius 3 is 2.65 bits per heavy atom. The largest absolute Gasteiger partial charge is 0.352 e. The first kappa shape index (κ1) is 19.1. The first-order valence-electron chi connectivity index (χ1n) is 8.11. The van der Waals surface area contributed by atoms with Crippen LogP contribution in [0.5, 0.6) is 0 Å². The standard InChI is InChI=1S/C18H17Cl2FN2O2S/c19-7-17(24)22-8-10-1-2-11(14(21)5-10)9-23-18(25)13-6-12(13)15-3-4-16(20)26-15/h1-5,12-13H,6-9H2,(H,22,24)(H,23,25)/t12-,13-/m1/s1. The summed E-state index contributed by atoms with van der Waals surface area (Å²) < 4.78 is 14.9. The van der Waals surface area contributed by atoms with Gasteiger partial charge < -0.3 is 10.6 Å². The molecule has 0 spiro atoms. The Balaban J connectivity index is 1.50. The number of hydrogen-bond donors (Lipinski definition) is 2. The number of benzene rings is 1. The molecule has 138 valence electrons. The molecule has 4 nitrogen and oxygen atoms in total. The Kier molecular flexibility index (Phi) is 6.16. The lowest BCUT2D eigenvalue weighted by molar-refractivity contribution is -0.122. The molecule has 1 aromatic carbocycles. The third-order valence-electron chi connectivity index (χ3n) is 4.27. The number of hydrogen-bond acceptors (Lipinski definition) is 3. The molecular formula is C18H17Cl2FN2O2S. The van der Waals surface area contributed by atoms with Crippen LogP contribution in [-0.2, 0) is 22.7 Å². The lowest BCUT2D eigenvalue weighted by Crippen LogP contribution is -2.25. The molecule has 1 aliphatic carbocycles. The minimum atomic E-state index is -0.416. The van der Waals surface area contributed by atoms with Crippen LogP contribution in [-0.4, -0.2) is 17.7 Å². The van der Waals surface area contributed by atoms with Crippen LogP contribution < -0.4 is 10.6 Å². The maximum absolute atomic E-state index is 14.2. The van der Waals surface area contributed by atoms with Crippen LogP contribution in [0.3, 0.4) is 0 Å². The van der Waals surface area contributed by atoms with Gasteiger partial charge in [-0.2, -0.15) is 0 Å². The SMILES string of the molecule is O=C(CCl)NCc1ccc(CNC(=O)[C@@H]2C[C@H]2c2ccc(Cl)s2)c(F)c1. The number of halogens is 3. The highest BCUT2D eigenvalue weighted by Gasteiger charge is 2.44. The van der Waals surface area contributed by atoms with Crippen molar-refractivity contribution in [2.45, 2.75) is 25.4 Å². The molecule has 1 aliphatic rings. The summed E-state index contributed by atoms with van der Waals surface area (Å²) in [5, 5.41) is 5.37. The van der Waals surface area contributed by atoms with Crippen LogP contribution in [0.15, 0.2) is 30.3 Å². The average Bonchev–Trinajstić information content (AvgIpc) is 3.32. The molecule has 0 bridgehead atoms. The molecule has 0 saturated heterocycles. The fourth-order valence-corrected chi connectivity index (χ4v) is 4.07. The predicted octanol–water partition coefficient (Wildman–Crippen LogP) is 3.82. The lowest BCUT2D eigenvalue weighted by atomic mass is 10.1. The smallest absolute Gasteiger partial charge is 0.235 e. The number of alkyl halides is 1. The van der Waals surface area contributed by atoms with E-state index in [0.29, 0.717) is 11.1 Å². The number of carbonyl (C=O) groups is 2. The van der Waals surface area contributed by atoms with E-state index in [2.05, 4.69) is 10.6 Å². The van der Waals surface area contributed by atoms with Gasteiger partial charge in [0.2, 0.25) is 11.8 Å². The Morgan fingerprint density at radius 2 is 2.00 bits per heavy atom. The van der Waals surface area contributed by atoms with Crippen molar-refractivity contribution in [2.75, 3.05) is 5.88 Å². The van der Waals surface area contributed by atoms with Crippen LogP contribution in [0.1, 0.15) is 28.3 Å². The highest BCUT2D eigenvalue weighted by atomic mass is 35.5. The third-order valence-corrected chi connectivity index (χ3v) is 5.87. The van der Waals surface area contributed by atoms with Gasteiger partial charge in [-0.25, -0.2) is 4.39 Å². The number of carbonyl (C=O) groups excluding carboxylic acids is 2. The molecule has 2 aromatic rings. The van der Waals surface area contributed by atoms with Gasteiger partial charge in [-0.15, -0.1) is 22.9 Å². The van der Waals surface area contributed by atoms with E-state index >= 15 is 0 Å². The molecule has 0 radical (unpaired) electrons. The van der Waals surface area contributed by atoms with Crippen LogP contribution in [0.4, 0.5) is 4.39 Å². The molecule has 26 heavy (non-hydrogen) atoms. The fraction of sp³-hybridized carbons (Fsp3) is 0.333. The normalized spacial score (nSPS) is 18.4. The van der Waals surface area contributed by atoms with Crippen molar-refractivity contribution in [3.05, 3.63) is 56.5 Å². The molecule has 1 aromatic heterocycles. The zero-order chi connectivity index (χ0) is 18.7. The van der Waals surface area contributed by atoms with Crippen LogP contribution in [0, 0.1) is 11.7 Å². The van der Waals surface area contributed by atoms with Crippen molar-refractivity contribution in [3.8, 4) is 0 Å². The van der Waals surface area contributed by atoms with Gasteiger partial charge in [0.15, 0.2) is 0 Å². The zero-order valence-electron chi connectivity index (χ0n) is 13.7. The summed E-state index contributed by atoms with van der Waals surface area (Å²) >= 11 is 12.8. The second-order valence-corrected chi connectivity index (χ2v) is 8.16. The van der Waals surface area contributed by atoms with Crippen LogP contribution >= 0.6 is 34.5 Å². The summed E-state index contributed by atoms with van der Waals surface area (Å²) in [6.45, 7) is 0.343. The molecule has 1 saturated carbocycles. The predicted molar refractivity (Wildman–Crippen MR) is 101 cm³/mol. The summed E-state index contributed by atoms with van der Waals surface area (Å²) in [6.07, 6.45) is 0.796. The van der Waals surface area contributed by atoms with Gasteiger partial charge in [0.05, 0.1) is 4.34 Å². The molecule has 2 atom stereocenters. The second-order valence-electron chi connectivity index (χ2n) is 6.14. The number of rotatable bonds is 7. The van der Waals surface area contributed by atoms with E-state index in [9.17, 15) is 14.0 Å². The summed E-state index contributed by atoms with van der Waals surface area (Å²) in [4.78, 5) is 24.5. The van der Waals surface area contributed by atoms with E-state index in [4.69, 9.17) is 23.2 Å². The van der Waals surface area contributed by atoms with Gasteiger partial charge in [-0.1, -0.05) is 23.7 Å². The second kappa shape index (κ2) is 8.37. The molecule has 1 heterocycles. The zero-order valence-corrected chi connectivity index (χ0v) is 16.1. The topological polar surface area (TPSA) is 58.2 Å². The molecule has 3 rings (SSSR count). The van der Waals surface area contributed by atoms with Crippen molar-refractivity contribution in [2.24, 2.45) is 5.92 Å². The molecular weight excluding hydrogens is 398 g/mol. The molecule has 2 amide bonds. The molecule has 0 aliphatic heterocycles. The van der Waals surface area contributed by atoms with E-state index in [1.54, 1.807) is 12.1 Å². The van der Waals surface area contributed by atoms with Gasteiger partial charge in [0, 0.05) is 35.4 Å². The maximum atomic E-state index is 14.2. The Labute approximate surface area is 164 Å². The highest BCUT2D eigenvalue weighted by molar-refractivity contribution is 7.16. The average molecular weight is 415 g/mol. The van der Waals surface area contributed by atoms with Crippen molar-refractivity contribution >= 4 is 46.4 Å².